The van der Waals surface area contributed by atoms with E-state index in [9.17, 15) is 9.90 Å². The summed E-state index contributed by atoms with van der Waals surface area (Å²) in [4.78, 5) is 11.8. The van der Waals surface area contributed by atoms with Crippen molar-refractivity contribution < 1.29 is 19.4 Å². The molecule has 0 bridgehead atoms. The average molecular weight is 501 g/mol. The summed E-state index contributed by atoms with van der Waals surface area (Å²) in [6.07, 6.45) is 4.74. The number of aliphatic carboxylic acids is 1. The van der Waals surface area contributed by atoms with E-state index in [-0.39, 0.29) is 22.9 Å². The lowest BCUT2D eigenvalue weighted by atomic mass is 9.52. The number of benzene rings is 2. The molecule has 1 saturated carbocycles. The van der Waals surface area contributed by atoms with E-state index in [1.165, 1.54) is 11.1 Å². The molecular weight excluding hydrogens is 468 g/mol. The highest BCUT2D eigenvalue weighted by Crippen LogP contribution is 2.55. The van der Waals surface area contributed by atoms with Gasteiger partial charge in [-0.3, -0.25) is 4.79 Å². The molecule has 5 heteroatoms. The van der Waals surface area contributed by atoms with Gasteiger partial charge < -0.3 is 14.6 Å². The van der Waals surface area contributed by atoms with Gasteiger partial charge in [-0.1, -0.05) is 48.8 Å². The number of carboxylic acid groups (broad SMARTS) is 1. The van der Waals surface area contributed by atoms with Gasteiger partial charge in [0, 0.05) is 17.0 Å². The highest BCUT2D eigenvalue weighted by Gasteiger charge is 2.53. The number of hydrogen-bond donors (Lipinski definition) is 1. The second kappa shape index (κ2) is 8.83. The van der Waals surface area contributed by atoms with Crippen molar-refractivity contribution in [3.8, 4) is 5.75 Å². The number of hydrogen-bond acceptors (Lipinski definition) is 3. The number of ether oxygens (including phenoxy) is 2. The Labute approximate surface area is 199 Å². The standard InChI is InChI=1S/C27H33BrO4/c1-26(2,3)24(31-4)20-14-17(7-10-23(20)28)16-32-19-9-8-18-6-5-12-27(22(18)15-19)13-11-21(27)25(29)30/h7-10,14-15,21,24H,5-6,11-13,16H2,1-4H3,(H,29,30). The minimum atomic E-state index is -0.663. The Morgan fingerprint density at radius 3 is 2.62 bits per heavy atom. The molecular formula is C27H33BrO4. The summed E-state index contributed by atoms with van der Waals surface area (Å²) in [5, 5.41) is 9.72. The minimum absolute atomic E-state index is 0.0347. The molecule has 32 heavy (non-hydrogen) atoms. The predicted octanol–water partition coefficient (Wildman–Crippen LogP) is 6.83. The summed E-state index contributed by atoms with van der Waals surface area (Å²) < 4.78 is 13.1. The maximum absolute atomic E-state index is 11.8. The van der Waals surface area contributed by atoms with Crippen LogP contribution in [0.1, 0.15) is 74.8 Å². The van der Waals surface area contributed by atoms with Crippen LogP contribution in [0.2, 0.25) is 0 Å². The lowest BCUT2D eigenvalue weighted by Gasteiger charge is -2.51. The monoisotopic (exact) mass is 500 g/mol. The smallest absolute Gasteiger partial charge is 0.307 e. The van der Waals surface area contributed by atoms with Crippen LogP contribution in [-0.2, 0) is 28.0 Å². The fourth-order valence-corrected chi connectivity index (χ4v) is 6.13. The van der Waals surface area contributed by atoms with Crippen LogP contribution in [-0.4, -0.2) is 18.2 Å². The highest BCUT2D eigenvalue weighted by atomic mass is 79.9. The molecule has 0 aliphatic heterocycles. The molecule has 0 aromatic heterocycles. The number of aryl methyl sites for hydroxylation is 1. The molecule has 4 nitrogen and oxygen atoms in total. The van der Waals surface area contributed by atoms with E-state index in [0.29, 0.717) is 6.61 Å². The van der Waals surface area contributed by atoms with Crippen LogP contribution in [0.25, 0.3) is 0 Å². The number of methoxy groups -OCH3 is 1. The summed E-state index contributed by atoms with van der Waals surface area (Å²) >= 11 is 3.68. The first-order valence-electron chi connectivity index (χ1n) is 11.5. The highest BCUT2D eigenvalue weighted by molar-refractivity contribution is 9.10. The third-order valence-electron chi connectivity index (χ3n) is 7.30. The molecule has 2 aromatic carbocycles. The molecule has 0 radical (unpaired) electrons. The Kier molecular flexibility index (Phi) is 6.43. The SMILES string of the molecule is COC(c1cc(COc2ccc3c(c2)C2(CCC3)CCC2C(=O)O)ccc1Br)C(C)(C)C. The summed E-state index contributed by atoms with van der Waals surface area (Å²) in [5.41, 5.74) is 4.44. The molecule has 1 spiro atoms. The van der Waals surface area contributed by atoms with Crippen molar-refractivity contribution in [2.45, 2.75) is 71.0 Å². The van der Waals surface area contributed by atoms with E-state index in [2.05, 4.69) is 67.0 Å². The van der Waals surface area contributed by atoms with Gasteiger partial charge in [0.1, 0.15) is 12.4 Å². The van der Waals surface area contributed by atoms with Crippen LogP contribution in [0.5, 0.6) is 5.75 Å². The van der Waals surface area contributed by atoms with Crippen LogP contribution in [0.15, 0.2) is 40.9 Å². The van der Waals surface area contributed by atoms with Crippen molar-refractivity contribution in [1.29, 1.82) is 0 Å². The summed E-state index contributed by atoms with van der Waals surface area (Å²) in [6, 6.07) is 12.5. The van der Waals surface area contributed by atoms with Crippen LogP contribution in [0.3, 0.4) is 0 Å². The Balaban J connectivity index is 1.56. The van der Waals surface area contributed by atoms with Gasteiger partial charge >= 0.3 is 5.97 Å². The first kappa shape index (κ1) is 23.3. The quantitative estimate of drug-likeness (QED) is 0.472. The van der Waals surface area contributed by atoms with Crippen LogP contribution < -0.4 is 4.74 Å². The molecule has 4 rings (SSSR count). The summed E-state index contributed by atoms with van der Waals surface area (Å²) in [6.45, 7) is 6.97. The van der Waals surface area contributed by atoms with E-state index < -0.39 is 5.97 Å². The van der Waals surface area contributed by atoms with Gasteiger partial charge in [0.05, 0.1) is 12.0 Å². The second-order valence-corrected chi connectivity index (χ2v) is 11.2. The zero-order valence-electron chi connectivity index (χ0n) is 19.4. The molecule has 0 amide bonds. The molecule has 172 valence electrons. The van der Waals surface area contributed by atoms with Gasteiger partial charge in [0.2, 0.25) is 0 Å². The van der Waals surface area contributed by atoms with E-state index in [4.69, 9.17) is 9.47 Å². The summed E-state index contributed by atoms with van der Waals surface area (Å²) in [5.74, 6) is -0.122. The van der Waals surface area contributed by atoms with Gasteiger partial charge in [-0.05, 0) is 84.0 Å². The summed E-state index contributed by atoms with van der Waals surface area (Å²) in [7, 11) is 1.75. The maximum atomic E-state index is 11.8. The lowest BCUT2D eigenvalue weighted by molar-refractivity contribution is -0.150. The van der Waals surface area contributed by atoms with Gasteiger partial charge in [-0.2, -0.15) is 0 Å². The third-order valence-corrected chi connectivity index (χ3v) is 8.02. The normalized spacial score (nSPS) is 23.3. The Bertz CT molecular complexity index is 1010. The van der Waals surface area contributed by atoms with Crippen molar-refractivity contribution in [3.05, 3.63) is 63.1 Å². The molecule has 0 saturated heterocycles. The Morgan fingerprint density at radius 1 is 1.22 bits per heavy atom. The number of fused-ring (bicyclic) bond motifs is 2. The van der Waals surface area contributed by atoms with Crippen molar-refractivity contribution in [2.75, 3.05) is 7.11 Å². The van der Waals surface area contributed by atoms with Crippen LogP contribution in [0.4, 0.5) is 0 Å². The number of carboxylic acids is 1. The van der Waals surface area contributed by atoms with E-state index in [1.807, 2.05) is 6.07 Å². The molecule has 2 aliphatic rings. The Morgan fingerprint density at radius 2 is 2.00 bits per heavy atom. The predicted molar refractivity (Wildman–Crippen MR) is 129 cm³/mol. The van der Waals surface area contributed by atoms with Gasteiger partial charge in [0.25, 0.3) is 0 Å². The van der Waals surface area contributed by atoms with Crippen LogP contribution in [0, 0.1) is 11.3 Å². The zero-order chi connectivity index (χ0) is 23.1. The lowest BCUT2D eigenvalue weighted by Crippen LogP contribution is -2.50. The molecule has 1 N–H and O–H groups in total. The molecule has 1 fully saturated rings. The largest absolute Gasteiger partial charge is 0.489 e. The maximum Gasteiger partial charge on any atom is 0.307 e. The van der Waals surface area contributed by atoms with Gasteiger partial charge in [-0.25, -0.2) is 0 Å². The molecule has 3 unspecified atom stereocenters. The first-order chi connectivity index (χ1) is 15.2. The van der Waals surface area contributed by atoms with Crippen molar-refractivity contribution in [1.82, 2.24) is 0 Å². The van der Waals surface area contributed by atoms with E-state index in [1.54, 1.807) is 7.11 Å². The number of rotatable bonds is 6. The topological polar surface area (TPSA) is 55.8 Å². The van der Waals surface area contributed by atoms with Crippen LogP contribution >= 0.6 is 15.9 Å². The van der Waals surface area contributed by atoms with Crippen molar-refractivity contribution >= 4 is 21.9 Å². The number of halogens is 1. The third kappa shape index (κ3) is 4.22. The molecule has 0 heterocycles. The first-order valence-corrected chi connectivity index (χ1v) is 12.2. The van der Waals surface area contributed by atoms with Gasteiger partial charge in [-0.15, -0.1) is 0 Å². The number of carbonyl (C=O) groups is 1. The molecule has 2 aromatic rings. The minimum Gasteiger partial charge on any atom is -0.489 e. The Hall–Kier alpha value is -1.85. The second-order valence-electron chi connectivity index (χ2n) is 10.4. The van der Waals surface area contributed by atoms with Crippen molar-refractivity contribution in [2.24, 2.45) is 11.3 Å². The van der Waals surface area contributed by atoms with Crippen molar-refractivity contribution in [3.63, 3.8) is 0 Å². The van der Waals surface area contributed by atoms with E-state index >= 15 is 0 Å². The van der Waals surface area contributed by atoms with E-state index in [0.717, 1.165) is 53.5 Å². The molecule has 3 atom stereocenters. The van der Waals surface area contributed by atoms with Gasteiger partial charge in [0.15, 0.2) is 0 Å². The molecule has 2 aliphatic carbocycles. The fraction of sp³-hybridized carbons (Fsp3) is 0.519. The fourth-order valence-electron chi connectivity index (χ4n) is 5.67. The zero-order valence-corrected chi connectivity index (χ0v) is 21.0. The average Bonchev–Trinajstić information content (AvgIpc) is 2.71.